The standard InChI is InChI=1S/C9H13N3O/c1-6(10)9(13)12-8-5-3-2-4-7(8)11/h2-6H,10-11H2,1H3,(H,12,13). The average Bonchev–Trinajstić information content (AvgIpc) is 2.08. The third-order valence-electron chi connectivity index (χ3n) is 1.63. The highest BCUT2D eigenvalue weighted by Crippen LogP contribution is 2.16. The molecule has 1 aromatic rings. The van der Waals surface area contributed by atoms with Crippen LogP contribution in [-0.4, -0.2) is 11.9 Å². The monoisotopic (exact) mass is 179 g/mol. The number of hydrogen-bond acceptors (Lipinski definition) is 3. The second-order valence-electron chi connectivity index (χ2n) is 2.87. The van der Waals surface area contributed by atoms with Crippen LogP contribution in [0.4, 0.5) is 11.4 Å². The third kappa shape index (κ3) is 2.45. The maximum Gasteiger partial charge on any atom is 0.241 e. The zero-order valence-electron chi connectivity index (χ0n) is 7.45. The zero-order chi connectivity index (χ0) is 9.84. The van der Waals surface area contributed by atoms with Gasteiger partial charge in [-0.05, 0) is 19.1 Å². The van der Waals surface area contributed by atoms with E-state index in [0.717, 1.165) is 0 Å². The molecule has 1 atom stereocenters. The van der Waals surface area contributed by atoms with Gasteiger partial charge in [-0.1, -0.05) is 12.1 Å². The number of benzene rings is 1. The van der Waals surface area contributed by atoms with Crippen LogP contribution in [0.1, 0.15) is 6.92 Å². The molecule has 0 aromatic heterocycles. The summed E-state index contributed by atoms with van der Waals surface area (Å²) in [5.41, 5.74) is 12.1. The summed E-state index contributed by atoms with van der Waals surface area (Å²) in [6.45, 7) is 1.62. The van der Waals surface area contributed by atoms with Gasteiger partial charge >= 0.3 is 0 Å². The highest BCUT2D eigenvalue weighted by atomic mass is 16.2. The van der Waals surface area contributed by atoms with Crippen molar-refractivity contribution in [3.05, 3.63) is 24.3 Å². The molecule has 0 heterocycles. The number of carbonyl (C=O) groups is 1. The zero-order valence-corrected chi connectivity index (χ0v) is 7.45. The van der Waals surface area contributed by atoms with E-state index >= 15 is 0 Å². The van der Waals surface area contributed by atoms with E-state index < -0.39 is 6.04 Å². The smallest absolute Gasteiger partial charge is 0.241 e. The van der Waals surface area contributed by atoms with Crippen LogP contribution in [0.3, 0.4) is 0 Å². The Hall–Kier alpha value is -1.55. The fourth-order valence-electron chi connectivity index (χ4n) is 0.857. The fourth-order valence-corrected chi connectivity index (χ4v) is 0.857. The molecule has 1 rings (SSSR count). The predicted octanol–water partition coefficient (Wildman–Crippen LogP) is 0.554. The van der Waals surface area contributed by atoms with Crippen molar-refractivity contribution in [1.82, 2.24) is 0 Å². The fraction of sp³-hybridized carbons (Fsp3) is 0.222. The molecule has 0 saturated carbocycles. The molecule has 0 aliphatic carbocycles. The van der Waals surface area contributed by atoms with Crippen molar-refractivity contribution >= 4 is 17.3 Å². The van der Waals surface area contributed by atoms with E-state index in [9.17, 15) is 4.79 Å². The number of hydrogen-bond donors (Lipinski definition) is 3. The number of carbonyl (C=O) groups excluding carboxylic acids is 1. The Balaban J connectivity index is 2.75. The van der Waals surface area contributed by atoms with E-state index in [4.69, 9.17) is 11.5 Å². The Bertz CT molecular complexity index is 309. The molecule has 5 N–H and O–H groups in total. The molecule has 0 bridgehead atoms. The summed E-state index contributed by atoms with van der Waals surface area (Å²) in [5.74, 6) is -0.238. The predicted molar refractivity (Wildman–Crippen MR) is 53.1 cm³/mol. The highest BCUT2D eigenvalue weighted by molar-refractivity contribution is 5.96. The van der Waals surface area contributed by atoms with Gasteiger partial charge in [0.05, 0.1) is 17.4 Å². The van der Waals surface area contributed by atoms with E-state index in [-0.39, 0.29) is 5.91 Å². The second-order valence-corrected chi connectivity index (χ2v) is 2.87. The molecular formula is C9H13N3O. The van der Waals surface area contributed by atoms with Gasteiger partial charge in [0.1, 0.15) is 0 Å². The topological polar surface area (TPSA) is 81.1 Å². The normalized spacial score (nSPS) is 12.2. The lowest BCUT2D eigenvalue weighted by Gasteiger charge is -2.09. The number of para-hydroxylation sites is 2. The van der Waals surface area contributed by atoms with E-state index in [1.54, 1.807) is 31.2 Å². The molecule has 4 heteroatoms. The number of nitrogens with one attached hydrogen (secondary N) is 1. The number of nitrogens with two attached hydrogens (primary N) is 2. The molecule has 0 saturated heterocycles. The Labute approximate surface area is 76.9 Å². The quantitative estimate of drug-likeness (QED) is 0.580. The van der Waals surface area contributed by atoms with Gasteiger partial charge in [-0.25, -0.2) is 0 Å². The van der Waals surface area contributed by atoms with Crippen LogP contribution in [0.2, 0.25) is 0 Å². The van der Waals surface area contributed by atoms with Crippen molar-refractivity contribution in [2.45, 2.75) is 13.0 Å². The first-order chi connectivity index (χ1) is 6.11. The second kappa shape index (κ2) is 3.91. The summed E-state index contributed by atoms with van der Waals surface area (Å²) in [5, 5.41) is 2.62. The van der Waals surface area contributed by atoms with Gasteiger partial charge in [-0.15, -0.1) is 0 Å². The van der Waals surface area contributed by atoms with Gasteiger partial charge in [0.25, 0.3) is 0 Å². The molecule has 1 amide bonds. The molecule has 0 aliphatic heterocycles. The third-order valence-corrected chi connectivity index (χ3v) is 1.63. The van der Waals surface area contributed by atoms with E-state index in [1.165, 1.54) is 0 Å². The molecule has 0 spiro atoms. The lowest BCUT2D eigenvalue weighted by Crippen LogP contribution is -2.32. The molecule has 1 aromatic carbocycles. The molecule has 70 valence electrons. The minimum absolute atomic E-state index is 0.238. The minimum Gasteiger partial charge on any atom is -0.397 e. The molecule has 13 heavy (non-hydrogen) atoms. The first-order valence-corrected chi connectivity index (χ1v) is 4.02. The Morgan fingerprint density at radius 3 is 2.62 bits per heavy atom. The Morgan fingerprint density at radius 2 is 2.08 bits per heavy atom. The van der Waals surface area contributed by atoms with Crippen molar-refractivity contribution in [3.8, 4) is 0 Å². The maximum absolute atomic E-state index is 11.2. The van der Waals surface area contributed by atoms with Crippen LogP contribution in [-0.2, 0) is 4.79 Å². The highest BCUT2D eigenvalue weighted by Gasteiger charge is 2.08. The van der Waals surface area contributed by atoms with Crippen LogP contribution in [0.5, 0.6) is 0 Å². The molecule has 0 radical (unpaired) electrons. The molecule has 1 unspecified atom stereocenters. The van der Waals surface area contributed by atoms with Gasteiger partial charge in [0.2, 0.25) is 5.91 Å². The largest absolute Gasteiger partial charge is 0.397 e. The first kappa shape index (κ1) is 9.54. The number of amides is 1. The summed E-state index contributed by atoms with van der Waals surface area (Å²) in [6.07, 6.45) is 0. The number of nitrogen functional groups attached to an aromatic ring is 1. The van der Waals surface area contributed by atoms with Gasteiger partial charge in [-0.3, -0.25) is 4.79 Å². The summed E-state index contributed by atoms with van der Waals surface area (Å²) in [6, 6.07) is 6.52. The summed E-state index contributed by atoms with van der Waals surface area (Å²) < 4.78 is 0. The van der Waals surface area contributed by atoms with Crippen LogP contribution in [0, 0.1) is 0 Å². The SMILES string of the molecule is CC(N)C(=O)Nc1ccccc1N. The van der Waals surface area contributed by atoms with Crippen molar-refractivity contribution in [2.75, 3.05) is 11.1 Å². The maximum atomic E-state index is 11.2. The van der Waals surface area contributed by atoms with E-state index in [2.05, 4.69) is 5.32 Å². The molecular weight excluding hydrogens is 166 g/mol. The van der Waals surface area contributed by atoms with Crippen molar-refractivity contribution in [3.63, 3.8) is 0 Å². The molecule has 0 fully saturated rings. The van der Waals surface area contributed by atoms with E-state index in [1.807, 2.05) is 0 Å². The van der Waals surface area contributed by atoms with Gasteiger partial charge in [0, 0.05) is 0 Å². The van der Waals surface area contributed by atoms with Gasteiger partial charge < -0.3 is 16.8 Å². The van der Waals surface area contributed by atoms with Gasteiger partial charge in [-0.2, -0.15) is 0 Å². The lowest BCUT2D eigenvalue weighted by molar-refractivity contribution is -0.117. The van der Waals surface area contributed by atoms with E-state index in [0.29, 0.717) is 11.4 Å². The van der Waals surface area contributed by atoms with Crippen molar-refractivity contribution in [2.24, 2.45) is 5.73 Å². The number of rotatable bonds is 2. The van der Waals surface area contributed by atoms with Gasteiger partial charge in [0.15, 0.2) is 0 Å². The summed E-state index contributed by atoms with van der Waals surface area (Å²) >= 11 is 0. The van der Waals surface area contributed by atoms with Crippen LogP contribution >= 0.6 is 0 Å². The molecule has 0 aliphatic rings. The van der Waals surface area contributed by atoms with Crippen LogP contribution < -0.4 is 16.8 Å². The average molecular weight is 179 g/mol. The van der Waals surface area contributed by atoms with Crippen molar-refractivity contribution in [1.29, 1.82) is 0 Å². The Kier molecular flexibility index (Phi) is 2.87. The summed E-state index contributed by atoms with van der Waals surface area (Å²) in [7, 11) is 0. The summed E-state index contributed by atoms with van der Waals surface area (Å²) in [4.78, 5) is 11.2. The van der Waals surface area contributed by atoms with Crippen molar-refractivity contribution < 1.29 is 4.79 Å². The lowest BCUT2D eigenvalue weighted by atomic mass is 10.2. The van der Waals surface area contributed by atoms with Crippen LogP contribution in [0.25, 0.3) is 0 Å². The number of anilines is 2. The molecule has 4 nitrogen and oxygen atoms in total. The Morgan fingerprint density at radius 1 is 1.46 bits per heavy atom. The first-order valence-electron chi connectivity index (χ1n) is 4.02. The van der Waals surface area contributed by atoms with Crippen LogP contribution in [0.15, 0.2) is 24.3 Å². The minimum atomic E-state index is -0.528.